The van der Waals surface area contributed by atoms with E-state index in [2.05, 4.69) is 52.2 Å². The number of carbonyl (C=O) groups is 1. The van der Waals surface area contributed by atoms with E-state index in [0.29, 0.717) is 18.2 Å². The van der Waals surface area contributed by atoms with Crippen molar-refractivity contribution in [2.45, 2.75) is 46.6 Å². The van der Waals surface area contributed by atoms with Gasteiger partial charge < -0.3 is 15.0 Å². The van der Waals surface area contributed by atoms with Crippen LogP contribution >= 0.6 is 0 Å². The molecule has 1 N–H and O–H groups in total. The van der Waals surface area contributed by atoms with Crippen LogP contribution < -0.4 is 15.0 Å². The zero-order chi connectivity index (χ0) is 23.4. The fourth-order valence-electron chi connectivity index (χ4n) is 4.16. The minimum absolute atomic E-state index is 0.0378. The van der Waals surface area contributed by atoms with E-state index in [0.717, 1.165) is 30.7 Å². The van der Waals surface area contributed by atoms with Crippen molar-refractivity contribution in [2.24, 2.45) is 5.92 Å². The molecular weight excluding hydrogens is 412 g/mol. The molecule has 1 aliphatic heterocycles. The molecule has 2 aromatic carbocycles. The first-order valence-electron chi connectivity index (χ1n) is 11.6. The largest absolute Gasteiger partial charge is 0.436 e. The molecule has 0 radical (unpaired) electrons. The van der Waals surface area contributed by atoms with Crippen molar-refractivity contribution in [1.82, 2.24) is 15.3 Å². The number of benzene rings is 2. The van der Waals surface area contributed by atoms with Gasteiger partial charge in [-0.25, -0.2) is 9.97 Å². The van der Waals surface area contributed by atoms with Crippen LogP contribution in [0.1, 0.15) is 48.1 Å². The normalized spacial score (nSPS) is 16.8. The molecule has 0 bridgehead atoms. The maximum Gasteiger partial charge on any atom is 0.263 e. The van der Waals surface area contributed by atoms with E-state index in [-0.39, 0.29) is 17.9 Å². The maximum absolute atomic E-state index is 13.1. The number of anilines is 1. The summed E-state index contributed by atoms with van der Waals surface area (Å²) < 4.78 is 6.04. The zero-order valence-corrected chi connectivity index (χ0v) is 19.8. The van der Waals surface area contributed by atoms with E-state index in [9.17, 15) is 4.79 Å². The van der Waals surface area contributed by atoms with Crippen molar-refractivity contribution in [3.63, 3.8) is 0 Å². The highest BCUT2D eigenvalue weighted by Gasteiger charge is 2.29. The second-order valence-electron chi connectivity index (χ2n) is 8.96. The summed E-state index contributed by atoms with van der Waals surface area (Å²) in [6, 6.07) is 14.2. The first-order chi connectivity index (χ1) is 15.9. The average Bonchev–Trinajstić information content (AvgIpc) is 2.82. The quantitative estimate of drug-likeness (QED) is 0.560. The van der Waals surface area contributed by atoms with Crippen LogP contribution in [0.15, 0.2) is 54.9 Å². The summed E-state index contributed by atoms with van der Waals surface area (Å²) in [6.07, 6.45) is 5.07. The molecule has 1 saturated heterocycles. The van der Waals surface area contributed by atoms with E-state index >= 15 is 0 Å². The molecular formula is C27H32N4O2. The monoisotopic (exact) mass is 444 g/mol. The Morgan fingerprint density at radius 3 is 2.58 bits per heavy atom. The van der Waals surface area contributed by atoms with Gasteiger partial charge in [-0.3, -0.25) is 4.79 Å². The minimum atomic E-state index is -0.109. The topological polar surface area (TPSA) is 67.4 Å². The van der Waals surface area contributed by atoms with E-state index < -0.39 is 0 Å². The van der Waals surface area contributed by atoms with Crippen LogP contribution in [0.3, 0.4) is 0 Å². The highest BCUT2D eigenvalue weighted by molar-refractivity contribution is 5.80. The second-order valence-corrected chi connectivity index (χ2v) is 8.96. The molecule has 0 spiro atoms. The van der Waals surface area contributed by atoms with Gasteiger partial charge in [-0.05, 0) is 69.4 Å². The Morgan fingerprint density at radius 2 is 1.82 bits per heavy atom. The molecule has 172 valence electrons. The van der Waals surface area contributed by atoms with Crippen molar-refractivity contribution in [3.05, 3.63) is 77.1 Å². The Morgan fingerprint density at radius 1 is 1.06 bits per heavy atom. The predicted octanol–water partition coefficient (Wildman–Crippen LogP) is 5.29. The molecule has 3 aromatic rings. The number of aryl methyl sites for hydroxylation is 3. The zero-order valence-electron chi connectivity index (χ0n) is 19.8. The first-order valence-corrected chi connectivity index (χ1v) is 11.6. The molecule has 1 amide bonds. The molecule has 33 heavy (non-hydrogen) atoms. The van der Waals surface area contributed by atoms with Gasteiger partial charge in [-0.15, -0.1) is 0 Å². The number of ether oxygens (including phenoxy) is 1. The molecule has 2 unspecified atom stereocenters. The standard InChI is InChI=1S/C27H32N4O2/c1-18-7-11-24(12-8-18)33-27-25(28-13-14-29-27)31-15-5-6-23(17-31)26(32)30-21(4)22-10-9-19(2)20(3)16-22/h7-14,16,21,23H,5-6,15,17H2,1-4H3,(H,30,32). The van der Waals surface area contributed by atoms with Crippen LogP contribution in [-0.2, 0) is 4.79 Å². The Hall–Kier alpha value is -3.41. The smallest absolute Gasteiger partial charge is 0.263 e. The van der Waals surface area contributed by atoms with Crippen LogP contribution in [0.25, 0.3) is 0 Å². The summed E-state index contributed by atoms with van der Waals surface area (Å²) in [5.41, 5.74) is 4.79. The number of hydrogen-bond donors (Lipinski definition) is 1. The lowest BCUT2D eigenvalue weighted by atomic mass is 9.96. The van der Waals surface area contributed by atoms with Crippen LogP contribution in [0, 0.1) is 26.7 Å². The van der Waals surface area contributed by atoms with Gasteiger partial charge in [0.2, 0.25) is 5.91 Å². The number of aromatic nitrogens is 2. The third-order valence-electron chi connectivity index (χ3n) is 6.36. The van der Waals surface area contributed by atoms with Gasteiger partial charge in [0.25, 0.3) is 5.88 Å². The number of nitrogens with one attached hydrogen (secondary N) is 1. The van der Waals surface area contributed by atoms with Crippen LogP contribution in [0.4, 0.5) is 5.82 Å². The van der Waals surface area contributed by atoms with Gasteiger partial charge in [-0.1, -0.05) is 35.9 Å². The van der Waals surface area contributed by atoms with Crippen molar-refractivity contribution in [3.8, 4) is 11.6 Å². The van der Waals surface area contributed by atoms with E-state index in [1.807, 2.05) is 38.1 Å². The fourth-order valence-corrected chi connectivity index (χ4v) is 4.16. The SMILES string of the molecule is Cc1ccc(Oc2nccnc2N2CCCC(C(=O)NC(C)c3ccc(C)c(C)c3)C2)cc1. The number of amides is 1. The highest BCUT2D eigenvalue weighted by atomic mass is 16.5. The first kappa shape index (κ1) is 22.8. The fraction of sp³-hybridized carbons (Fsp3) is 0.370. The van der Waals surface area contributed by atoms with Gasteiger partial charge in [-0.2, -0.15) is 0 Å². The number of hydrogen-bond acceptors (Lipinski definition) is 5. The summed E-state index contributed by atoms with van der Waals surface area (Å²) in [5, 5.41) is 3.21. The van der Waals surface area contributed by atoms with Gasteiger partial charge in [0.1, 0.15) is 5.75 Å². The Labute approximate surface area is 196 Å². The highest BCUT2D eigenvalue weighted by Crippen LogP contribution is 2.31. The van der Waals surface area contributed by atoms with Crippen molar-refractivity contribution < 1.29 is 9.53 Å². The van der Waals surface area contributed by atoms with Gasteiger partial charge in [0, 0.05) is 25.5 Å². The molecule has 2 heterocycles. The lowest BCUT2D eigenvalue weighted by Crippen LogP contribution is -2.44. The minimum Gasteiger partial charge on any atom is -0.436 e. The number of nitrogens with zero attached hydrogens (tertiary/aromatic N) is 3. The molecule has 1 fully saturated rings. The molecule has 6 heteroatoms. The van der Waals surface area contributed by atoms with Crippen molar-refractivity contribution in [1.29, 1.82) is 0 Å². The molecule has 0 saturated carbocycles. The summed E-state index contributed by atoms with van der Waals surface area (Å²) in [6.45, 7) is 9.69. The number of carbonyl (C=O) groups excluding carboxylic acids is 1. The van der Waals surface area contributed by atoms with E-state index in [1.165, 1.54) is 16.7 Å². The molecule has 2 atom stereocenters. The molecule has 4 rings (SSSR count). The van der Waals surface area contributed by atoms with Gasteiger partial charge in [0.05, 0.1) is 12.0 Å². The van der Waals surface area contributed by atoms with Crippen LogP contribution in [0.5, 0.6) is 11.6 Å². The average molecular weight is 445 g/mol. The Bertz CT molecular complexity index is 1110. The summed E-state index contributed by atoms with van der Waals surface area (Å²) >= 11 is 0. The molecule has 1 aromatic heterocycles. The third-order valence-corrected chi connectivity index (χ3v) is 6.36. The Balaban J connectivity index is 1.44. The summed E-state index contributed by atoms with van der Waals surface area (Å²) in [7, 11) is 0. The summed E-state index contributed by atoms with van der Waals surface area (Å²) in [4.78, 5) is 24.2. The van der Waals surface area contributed by atoms with Crippen LogP contribution in [-0.4, -0.2) is 29.0 Å². The van der Waals surface area contributed by atoms with Gasteiger partial charge in [0.15, 0.2) is 5.82 Å². The van der Waals surface area contributed by atoms with Crippen molar-refractivity contribution >= 4 is 11.7 Å². The predicted molar refractivity (Wildman–Crippen MR) is 131 cm³/mol. The van der Waals surface area contributed by atoms with Gasteiger partial charge >= 0.3 is 0 Å². The van der Waals surface area contributed by atoms with E-state index in [1.54, 1.807) is 12.4 Å². The maximum atomic E-state index is 13.1. The lowest BCUT2D eigenvalue weighted by Gasteiger charge is -2.33. The van der Waals surface area contributed by atoms with Crippen molar-refractivity contribution in [2.75, 3.05) is 18.0 Å². The van der Waals surface area contributed by atoms with E-state index in [4.69, 9.17) is 4.74 Å². The Kier molecular flexibility index (Phi) is 6.92. The summed E-state index contributed by atoms with van der Waals surface area (Å²) in [5.74, 6) is 1.83. The lowest BCUT2D eigenvalue weighted by molar-refractivity contribution is -0.125. The third kappa shape index (κ3) is 5.51. The molecule has 1 aliphatic rings. The molecule has 6 nitrogen and oxygen atoms in total. The van der Waals surface area contributed by atoms with Crippen LogP contribution in [0.2, 0.25) is 0 Å². The second kappa shape index (κ2) is 10.0. The molecule has 0 aliphatic carbocycles. The number of piperidine rings is 1. The number of rotatable bonds is 6.